The molecule has 0 unspecified atom stereocenters. The molecule has 202 valence electrons. The number of benzene rings is 4. The van der Waals surface area contributed by atoms with Gasteiger partial charge in [0.15, 0.2) is 11.5 Å². The summed E-state index contributed by atoms with van der Waals surface area (Å²) in [6, 6.07) is 29.8. The van der Waals surface area contributed by atoms with Gasteiger partial charge in [0.05, 0.1) is 11.6 Å². The van der Waals surface area contributed by atoms with Gasteiger partial charge in [-0.2, -0.15) is 5.26 Å². The molecule has 4 rings (SSSR count). The van der Waals surface area contributed by atoms with Crippen LogP contribution in [0.25, 0.3) is 6.08 Å². The lowest BCUT2D eigenvalue weighted by Gasteiger charge is -2.15. The van der Waals surface area contributed by atoms with Gasteiger partial charge < -0.3 is 19.5 Å². The van der Waals surface area contributed by atoms with Crippen LogP contribution in [0.5, 0.6) is 17.2 Å². The van der Waals surface area contributed by atoms with Crippen LogP contribution >= 0.6 is 27.5 Å². The van der Waals surface area contributed by atoms with E-state index in [4.69, 9.17) is 25.8 Å². The fourth-order valence-corrected chi connectivity index (χ4v) is 4.40. The van der Waals surface area contributed by atoms with Gasteiger partial charge in [-0.15, -0.1) is 0 Å². The summed E-state index contributed by atoms with van der Waals surface area (Å²) in [5.41, 5.74) is 2.97. The maximum absolute atomic E-state index is 12.9. The third-order valence-electron chi connectivity index (χ3n) is 5.70. The van der Waals surface area contributed by atoms with Crippen LogP contribution in [0, 0.1) is 11.3 Å². The third-order valence-corrected chi connectivity index (χ3v) is 6.75. The monoisotopic (exact) mass is 616 g/mol. The Kier molecular flexibility index (Phi) is 10.2. The van der Waals surface area contributed by atoms with E-state index in [2.05, 4.69) is 21.2 Å². The zero-order valence-corrected chi connectivity index (χ0v) is 24.0. The molecule has 6 nitrogen and oxygen atoms in total. The first-order valence-electron chi connectivity index (χ1n) is 12.5. The fourth-order valence-electron chi connectivity index (χ4n) is 3.73. The average Bonchev–Trinajstić information content (AvgIpc) is 2.96. The number of nitrogens with zero attached hydrogens (tertiary/aromatic N) is 1. The van der Waals surface area contributed by atoms with Gasteiger partial charge in [-0.05, 0) is 66.6 Å². The highest BCUT2D eigenvalue weighted by Gasteiger charge is 2.15. The molecule has 1 N–H and O–H groups in total. The molecule has 8 heteroatoms. The van der Waals surface area contributed by atoms with E-state index in [-0.39, 0.29) is 12.2 Å². The normalized spacial score (nSPS) is 10.9. The maximum Gasteiger partial charge on any atom is 0.266 e. The summed E-state index contributed by atoms with van der Waals surface area (Å²) < 4.78 is 18.5. The molecular weight excluding hydrogens is 592 g/mol. The second-order valence-electron chi connectivity index (χ2n) is 8.57. The van der Waals surface area contributed by atoms with Gasteiger partial charge in [0.2, 0.25) is 0 Å². The van der Waals surface area contributed by atoms with E-state index in [1.807, 2.05) is 67.6 Å². The summed E-state index contributed by atoms with van der Waals surface area (Å²) in [7, 11) is 0. The van der Waals surface area contributed by atoms with Gasteiger partial charge in [-0.1, -0.05) is 76.1 Å². The quantitative estimate of drug-likeness (QED) is 0.136. The molecule has 0 saturated heterocycles. The molecule has 0 bridgehead atoms. The van der Waals surface area contributed by atoms with Crippen molar-refractivity contribution >= 4 is 45.2 Å². The van der Waals surface area contributed by atoms with Gasteiger partial charge in [0, 0.05) is 15.7 Å². The standard InChI is InChI=1S/C32H26BrClN2O4/c1-2-38-30-18-23(17-29(34)31(30)40-21-24-10-6-7-11-28(24)33)16-25(19-35)32(37)36-26-12-14-27(15-13-26)39-20-22-8-4-3-5-9-22/h3-18H,2,20-21H2,1H3,(H,36,37)/b25-16+. The molecule has 4 aromatic rings. The van der Waals surface area contributed by atoms with E-state index in [1.165, 1.54) is 6.08 Å². The van der Waals surface area contributed by atoms with Crippen molar-refractivity contribution in [3.8, 4) is 23.3 Å². The van der Waals surface area contributed by atoms with Gasteiger partial charge in [-0.3, -0.25) is 4.79 Å². The molecule has 0 heterocycles. The number of halogens is 2. The number of hydrogen-bond donors (Lipinski definition) is 1. The van der Waals surface area contributed by atoms with E-state index in [0.717, 1.165) is 15.6 Å². The molecule has 40 heavy (non-hydrogen) atoms. The zero-order chi connectivity index (χ0) is 28.3. The number of anilines is 1. The first-order valence-corrected chi connectivity index (χ1v) is 13.7. The number of rotatable bonds is 11. The van der Waals surface area contributed by atoms with Crippen molar-refractivity contribution in [2.45, 2.75) is 20.1 Å². The van der Waals surface area contributed by atoms with Gasteiger partial charge >= 0.3 is 0 Å². The SMILES string of the molecule is CCOc1cc(/C=C(\C#N)C(=O)Nc2ccc(OCc3ccccc3)cc2)cc(Cl)c1OCc1ccccc1Br. The lowest BCUT2D eigenvalue weighted by atomic mass is 10.1. The summed E-state index contributed by atoms with van der Waals surface area (Å²) in [5, 5.41) is 12.7. The van der Waals surface area contributed by atoms with Crippen LogP contribution in [0.1, 0.15) is 23.6 Å². The van der Waals surface area contributed by atoms with Crippen LogP contribution in [0.15, 0.2) is 101 Å². The van der Waals surface area contributed by atoms with Crippen LogP contribution in [-0.4, -0.2) is 12.5 Å². The van der Waals surface area contributed by atoms with E-state index in [1.54, 1.807) is 36.4 Å². The molecule has 0 aliphatic carbocycles. The smallest absolute Gasteiger partial charge is 0.266 e. The maximum atomic E-state index is 12.9. The lowest BCUT2D eigenvalue weighted by Crippen LogP contribution is -2.13. The zero-order valence-electron chi connectivity index (χ0n) is 21.7. The predicted octanol–water partition coefficient (Wildman–Crippen LogP) is 8.20. The van der Waals surface area contributed by atoms with E-state index < -0.39 is 5.91 Å². The Balaban J connectivity index is 1.45. The molecule has 1 amide bonds. The molecule has 0 saturated carbocycles. The molecule has 0 aromatic heterocycles. The number of hydrogen-bond acceptors (Lipinski definition) is 5. The molecule has 0 radical (unpaired) electrons. The van der Waals surface area contributed by atoms with Gasteiger partial charge in [0.25, 0.3) is 5.91 Å². The number of carbonyl (C=O) groups excluding carboxylic acids is 1. The second kappa shape index (κ2) is 14.2. The van der Waals surface area contributed by atoms with Gasteiger partial charge in [-0.25, -0.2) is 0 Å². The first kappa shape index (κ1) is 28.8. The van der Waals surface area contributed by atoms with Gasteiger partial charge in [0.1, 0.15) is 30.6 Å². The van der Waals surface area contributed by atoms with Crippen molar-refractivity contribution < 1.29 is 19.0 Å². The topological polar surface area (TPSA) is 80.6 Å². The number of nitriles is 1. The number of nitrogens with one attached hydrogen (secondary N) is 1. The van der Waals surface area contributed by atoms with Crippen LogP contribution < -0.4 is 19.5 Å². The molecule has 0 aliphatic heterocycles. The molecule has 0 spiro atoms. The number of amides is 1. The summed E-state index contributed by atoms with van der Waals surface area (Å²) in [6.45, 7) is 2.94. The average molecular weight is 618 g/mol. The summed E-state index contributed by atoms with van der Waals surface area (Å²) in [6.07, 6.45) is 1.46. The first-order chi connectivity index (χ1) is 19.5. The second-order valence-corrected chi connectivity index (χ2v) is 9.83. The third kappa shape index (κ3) is 7.89. The number of carbonyl (C=O) groups is 1. The summed E-state index contributed by atoms with van der Waals surface area (Å²) >= 11 is 10.1. The lowest BCUT2D eigenvalue weighted by molar-refractivity contribution is -0.112. The minimum atomic E-state index is -0.552. The van der Waals surface area contributed by atoms with Crippen molar-refractivity contribution in [3.05, 3.63) is 123 Å². The van der Waals surface area contributed by atoms with Crippen LogP contribution in [0.3, 0.4) is 0 Å². The Morgan fingerprint density at radius 1 is 0.950 bits per heavy atom. The predicted molar refractivity (Wildman–Crippen MR) is 161 cm³/mol. The molecule has 0 atom stereocenters. The molecule has 4 aromatic carbocycles. The minimum absolute atomic E-state index is 0.0928. The Morgan fingerprint density at radius 3 is 2.38 bits per heavy atom. The fraction of sp³-hybridized carbons (Fsp3) is 0.125. The van der Waals surface area contributed by atoms with Crippen molar-refractivity contribution in [3.63, 3.8) is 0 Å². The van der Waals surface area contributed by atoms with Crippen LogP contribution in [-0.2, 0) is 18.0 Å². The Hall–Kier alpha value is -4.25. The van der Waals surface area contributed by atoms with Crippen LogP contribution in [0.4, 0.5) is 5.69 Å². The largest absolute Gasteiger partial charge is 0.490 e. The minimum Gasteiger partial charge on any atom is -0.490 e. The van der Waals surface area contributed by atoms with E-state index in [0.29, 0.717) is 46.7 Å². The Labute approximate surface area is 246 Å². The number of ether oxygens (including phenoxy) is 3. The molecule has 0 fully saturated rings. The highest BCUT2D eigenvalue weighted by atomic mass is 79.9. The highest BCUT2D eigenvalue weighted by Crippen LogP contribution is 2.38. The highest BCUT2D eigenvalue weighted by molar-refractivity contribution is 9.10. The molecular formula is C32H26BrClN2O4. The summed E-state index contributed by atoms with van der Waals surface area (Å²) in [4.78, 5) is 12.9. The van der Waals surface area contributed by atoms with Crippen molar-refractivity contribution in [2.75, 3.05) is 11.9 Å². The summed E-state index contributed by atoms with van der Waals surface area (Å²) in [5.74, 6) is 0.910. The van der Waals surface area contributed by atoms with E-state index >= 15 is 0 Å². The van der Waals surface area contributed by atoms with Crippen LogP contribution in [0.2, 0.25) is 5.02 Å². The van der Waals surface area contributed by atoms with E-state index in [9.17, 15) is 10.1 Å². The Bertz CT molecular complexity index is 1530. The Morgan fingerprint density at radius 2 is 1.68 bits per heavy atom. The van der Waals surface area contributed by atoms with Crippen molar-refractivity contribution in [1.29, 1.82) is 5.26 Å². The van der Waals surface area contributed by atoms with Crippen molar-refractivity contribution in [2.24, 2.45) is 0 Å². The van der Waals surface area contributed by atoms with Crippen molar-refractivity contribution in [1.82, 2.24) is 0 Å². The molecule has 0 aliphatic rings.